The average molecular weight is 359 g/mol. The predicted octanol–water partition coefficient (Wildman–Crippen LogP) is 4.88. The Bertz CT molecular complexity index is 881. The van der Waals surface area contributed by atoms with E-state index < -0.39 is 11.6 Å². The quantitative estimate of drug-likeness (QED) is 0.650. The first kappa shape index (κ1) is 17.1. The van der Waals surface area contributed by atoms with E-state index in [1.807, 2.05) is 17.5 Å². The number of halogens is 2. The number of carbonyl (C=O) groups excluding carboxylic acids is 1. The molecule has 0 atom stereocenters. The van der Waals surface area contributed by atoms with Crippen LogP contribution >= 0.6 is 11.3 Å². The molecule has 0 spiro atoms. The predicted molar refractivity (Wildman–Crippen MR) is 94.2 cm³/mol. The first-order valence-electron chi connectivity index (χ1n) is 7.53. The Hall–Kier alpha value is -2.73. The van der Waals surface area contributed by atoms with E-state index in [9.17, 15) is 13.6 Å². The van der Waals surface area contributed by atoms with Gasteiger partial charge >= 0.3 is 0 Å². The molecule has 0 radical (unpaired) electrons. The molecule has 0 aliphatic carbocycles. The third-order valence-electron chi connectivity index (χ3n) is 3.64. The maximum Gasteiger partial charge on any atom is 0.258 e. The highest BCUT2D eigenvalue weighted by atomic mass is 32.1. The van der Waals surface area contributed by atoms with Crippen LogP contribution in [-0.2, 0) is 6.61 Å². The largest absolute Gasteiger partial charge is 0.488 e. The summed E-state index contributed by atoms with van der Waals surface area (Å²) in [4.78, 5) is 14.9. The smallest absolute Gasteiger partial charge is 0.258 e. The molecule has 0 N–H and O–H groups in total. The Balaban J connectivity index is 1.74. The average Bonchev–Trinajstić information content (AvgIpc) is 3.15. The highest BCUT2D eigenvalue weighted by molar-refractivity contribution is 7.09. The highest BCUT2D eigenvalue weighted by Crippen LogP contribution is 2.21. The van der Waals surface area contributed by atoms with Crippen LogP contribution in [0.5, 0.6) is 5.75 Å². The molecule has 0 fully saturated rings. The summed E-state index contributed by atoms with van der Waals surface area (Å²) in [5.74, 6) is -1.72. The van der Waals surface area contributed by atoms with Crippen molar-refractivity contribution in [3.63, 3.8) is 0 Å². The Labute approximate surface area is 148 Å². The molecule has 0 aliphatic heterocycles. The molecule has 6 heteroatoms. The molecule has 2 aromatic carbocycles. The number of hydrogen-bond acceptors (Lipinski definition) is 3. The summed E-state index contributed by atoms with van der Waals surface area (Å²) in [6.45, 7) is 0.425. The van der Waals surface area contributed by atoms with Crippen molar-refractivity contribution in [2.24, 2.45) is 0 Å². The number of hydrogen-bond donors (Lipinski definition) is 0. The van der Waals surface area contributed by atoms with Crippen molar-refractivity contribution < 1.29 is 18.3 Å². The lowest BCUT2D eigenvalue weighted by Crippen LogP contribution is -2.26. The van der Waals surface area contributed by atoms with Crippen LogP contribution in [0.25, 0.3) is 0 Å². The number of nitrogens with zero attached hydrogens (tertiary/aromatic N) is 1. The van der Waals surface area contributed by atoms with Gasteiger partial charge < -0.3 is 9.64 Å². The van der Waals surface area contributed by atoms with Gasteiger partial charge in [-0.25, -0.2) is 8.78 Å². The van der Waals surface area contributed by atoms with Crippen LogP contribution in [0.15, 0.2) is 60.0 Å². The van der Waals surface area contributed by atoms with Gasteiger partial charge in [0.25, 0.3) is 5.91 Å². The maximum atomic E-state index is 13.4. The topological polar surface area (TPSA) is 29.5 Å². The second-order valence-electron chi connectivity index (χ2n) is 5.36. The molecular weight excluding hydrogens is 344 g/mol. The zero-order chi connectivity index (χ0) is 17.8. The zero-order valence-corrected chi connectivity index (χ0v) is 14.2. The lowest BCUT2D eigenvalue weighted by molar-refractivity contribution is 0.0992. The molecule has 0 bridgehead atoms. The Morgan fingerprint density at radius 3 is 2.64 bits per heavy atom. The maximum absolute atomic E-state index is 13.4. The Kier molecular flexibility index (Phi) is 5.09. The first-order chi connectivity index (χ1) is 12.0. The molecule has 3 aromatic rings. The van der Waals surface area contributed by atoms with Crippen LogP contribution in [0.2, 0.25) is 0 Å². The summed E-state index contributed by atoms with van der Waals surface area (Å²) >= 11 is 1.59. The lowest BCUT2D eigenvalue weighted by atomic mass is 10.1. The molecule has 3 nitrogen and oxygen atoms in total. The molecule has 0 saturated heterocycles. The number of carbonyl (C=O) groups is 1. The van der Waals surface area contributed by atoms with Gasteiger partial charge in [0, 0.05) is 29.2 Å². The lowest BCUT2D eigenvalue weighted by Gasteiger charge is -2.18. The van der Waals surface area contributed by atoms with Crippen LogP contribution < -0.4 is 9.64 Å². The highest BCUT2D eigenvalue weighted by Gasteiger charge is 2.16. The summed E-state index contributed by atoms with van der Waals surface area (Å²) in [5.41, 5.74) is 0.671. The SMILES string of the molecule is CN(C(=O)c1cccc(OCc2cccs2)c1)c1ccc(F)c(F)c1. The number of amides is 1. The van der Waals surface area contributed by atoms with Gasteiger partial charge in [0.05, 0.1) is 0 Å². The fraction of sp³-hybridized carbons (Fsp3) is 0.105. The molecule has 1 heterocycles. The van der Waals surface area contributed by atoms with Crippen molar-refractivity contribution in [2.45, 2.75) is 6.61 Å². The molecule has 0 saturated carbocycles. The summed E-state index contributed by atoms with van der Waals surface area (Å²) in [7, 11) is 1.51. The van der Waals surface area contributed by atoms with E-state index in [0.29, 0.717) is 17.9 Å². The molecule has 1 amide bonds. The van der Waals surface area contributed by atoms with E-state index in [0.717, 1.165) is 17.0 Å². The van der Waals surface area contributed by atoms with Crippen molar-refractivity contribution in [2.75, 3.05) is 11.9 Å². The number of ether oxygens (including phenoxy) is 1. The van der Waals surface area contributed by atoms with Gasteiger partial charge in [-0.05, 0) is 41.8 Å². The zero-order valence-electron chi connectivity index (χ0n) is 13.4. The second kappa shape index (κ2) is 7.44. The minimum Gasteiger partial charge on any atom is -0.488 e. The summed E-state index contributed by atoms with van der Waals surface area (Å²) in [6.07, 6.45) is 0. The van der Waals surface area contributed by atoms with Gasteiger partial charge in [-0.2, -0.15) is 0 Å². The van der Waals surface area contributed by atoms with Gasteiger partial charge in [-0.1, -0.05) is 12.1 Å². The minimum atomic E-state index is -0.995. The van der Waals surface area contributed by atoms with Crippen LogP contribution in [0.1, 0.15) is 15.2 Å². The van der Waals surface area contributed by atoms with E-state index in [2.05, 4.69) is 0 Å². The number of benzene rings is 2. The van der Waals surface area contributed by atoms with Gasteiger partial charge in [-0.3, -0.25) is 4.79 Å². The molecule has 0 aliphatic rings. The molecule has 1 aromatic heterocycles. The fourth-order valence-corrected chi connectivity index (χ4v) is 2.89. The summed E-state index contributed by atoms with van der Waals surface area (Å²) in [5, 5.41) is 1.97. The third-order valence-corrected chi connectivity index (χ3v) is 4.49. The summed E-state index contributed by atoms with van der Waals surface area (Å²) < 4.78 is 32.1. The van der Waals surface area contributed by atoms with E-state index in [4.69, 9.17) is 4.74 Å². The van der Waals surface area contributed by atoms with E-state index in [1.54, 1.807) is 35.6 Å². The fourth-order valence-electron chi connectivity index (χ4n) is 2.27. The number of anilines is 1. The Morgan fingerprint density at radius 1 is 1.08 bits per heavy atom. The van der Waals surface area contributed by atoms with Crippen molar-refractivity contribution in [3.8, 4) is 5.75 Å². The minimum absolute atomic E-state index is 0.272. The monoisotopic (exact) mass is 359 g/mol. The number of rotatable bonds is 5. The number of thiophene rings is 1. The van der Waals surface area contributed by atoms with Gasteiger partial charge in [0.1, 0.15) is 12.4 Å². The molecule has 3 rings (SSSR count). The van der Waals surface area contributed by atoms with Crippen molar-refractivity contribution in [1.29, 1.82) is 0 Å². The van der Waals surface area contributed by atoms with Crippen LogP contribution in [0, 0.1) is 11.6 Å². The van der Waals surface area contributed by atoms with Crippen molar-refractivity contribution in [3.05, 3.63) is 82.1 Å². The van der Waals surface area contributed by atoms with Gasteiger partial charge in [-0.15, -0.1) is 11.3 Å². The van der Waals surface area contributed by atoms with Crippen molar-refractivity contribution in [1.82, 2.24) is 0 Å². The second-order valence-corrected chi connectivity index (χ2v) is 6.39. The summed E-state index contributed by atoms with van der Waals surface area (Å²) in [6, 6.07) is 14.0. The third kappa shape index (κ3) is 4.03. The molecule has 128 valence electrons. The van der Waals surface area contributed by atoms with E-state index in [-0.39, 0.29) is 11.6 Å². The normalized spacial score (nSPS) is 10.5. The van der Waals surface area contributed by atoms with Crippen molar-refractivity contribution >= 4 is 22.9 Å². The van der Waals surface area contributed by atoms with E-state index in [1.165, 1.54) is 18.0 Å². The Morgan fingerprint density at radius 2 is 1.92 bits per heavy atom. The van der Waals surface area contributed by atoms with Crippen LogP contribution in [0.4, 0.5) is 14.5 Å². The van der Waals surface area contributed by atoms with Gasteiger partial charge in [0.15, 0.2) is 11.6 Å². The van der Waals surface area contributed by atoms with Crippen LogP contribution in [0.3, 0.4) is 0 Å². The standard InChI is InChI=1S/C19H15F2NO2S/c1-22(14-7-8-17(20)18(21)11-14)19(23)13-4-2-5-15(10-13)24-12-16-6-3-9-25-16/h2-11H,12H2,1H3. The van der Waals surface area contributed by atoms with Gasteiger partial charge in [0.2, 0.25) is 0 Å². The van der Waals surface area contributed by atoms with E-state index >= 15 is 0 Å². The molecule has 25 heavy (non-hydrogen) atoms. The van der Waals surface area contributed by atoms with Crippen LogP contribution in [-0.4, -0.2) is 13.0 Å². The molecular formula is C19H15F2NO2S. The first-order valence-corrected chi connectivity index (χ1v) is 8.41. The molecule has 0 unspecified atom stereocenters.